The van der Waals surface area contributed by atoms with Gasteiger partial charge in [-0.2, -0.15) is 0 Å². The Morgan fingerprint density at radius 1 is 1.19 bits per heavy atom. The first-order valence-corrected chi connectivity index (χ1v) is 5.91. The Morgan fingerprint density at radius 3 is 2.44 bits per heavy atom. The Bertz CT molecular complexity index is 314. The zero-order valence-corrected chi connectivity index (χ0v) is 10.2. The maximum atomic E-state index is 11.5. The molecule has 0 unspecified atom stereocenters. The fraction of sp³-hybridized carbons (Fsp3) is 0.500. The molecule has 0 spiro atoms. The lowest BCUT2D eigenvalue weighted by Gasteiger charge is -2.03. The van der Waals surface area contributed by atoms with Gasteiger partial charge in [-0.15, -0.1) is 0 Å². The summed E-state index contributed by atoms with van der Waals surface area (Å²) in [7, 11) is 1.66. The molecule has 0 aromatic heterocycles. The van der Waals surface area contributed by atoms with Crippen molar-refractivity contribution >= 4 is 5.78 Å². The molecule has 0 saturated carbocycles. The molecule has 0 aliphatic heterocycles. The summed E-state index contributed by atoms with van der Waals surface area (Å²) in [5.74, 6) is 1.23. The van der Waals surface area contributed by atoms with Crippen molar-refractivity contribution in [2.45, 2.75) is 39.0 Å². The number of ketones is 1. The molecule has 0 aliphatic rings. The molecule has 0 heterocycles. The number of unbranched alkanes of at least 4 members (excludes halogenated alkanes) is 1. The van der Waals surface area contributed by atoms with Crippen LogP contribution in [0, 0.1) is 0 Å². The third kappa shape index (κ3) is 4.47. The smallest absolute Gasteiger partial charge is 0.133 e. The number of aryl methyl sites for hydroxylation is 1. The van der Waals surface area contributed by atoms with Crippen molar-refractivity contribution in [3.05, 3.63) is 29.8 Å². The topological polar surface area (TPSA) is 26.3 Å². The van der Waals surface area contributed by atoms with E-state index in [0.29, 0.717) is 12.2 Å². The highest BCUT2D eigenvalue weighted by atomic mass is 16.5. The molecule has 2 nitrogen and oxygen atoms in total. The lowest BCUT2D eigenvalue weighted by atomic mass is 10.0. The molecule has 88 valence electrons. The van der Waals surface area contributed by atoms with Gasteiger partial charge in [0.1, 0.15) is 11.5 Å². The highest BCUT2D eigenvalue weighted by Gasteiger charge is 2.02. The summed E-state index contributed by atoms with van der Waals surface area (Å²) in [5.41, 5.74) is 1.20. The SMILES string of the molecule is CCCCC(=O)CCc1ccc(OC)cc1. The summed E-state index contributed by atoms with van der Waals surface area (Å²) in [4.78, 5) is 11.5. The largest absolute Gasteiger partial charge is 0.497 e. The molecule has 0 bridgehead atoms. The van der Waals surface area contributed by atoms with Crippen molar-refractivity contribution < 1.29 is 9.53 Å². The van der Waals surface area contributed by atoms with E-state index in [0.717, 1.165) is 31.4 Å². The van der Waals surface area contributed by atoms with Crippen molar-refractivity contribution in [1.29, 1.82) is 0 Å². The Morgan fingerprint density at radius 2 is 1.88 bits per heavy atom. The van der Waals surface area contributed by atoms with Crippen LogP contribution in [0.25, 0.3) is 0 Å². The minimum Gasteiger partial charge on any atom is -0.497 e. The fourth-order valence-corrected chi connectivity index (χ4v) is 1.57. The van der Waals surface area contributed by atoms with Gasteiger partial charge in [0.15, 0.2) is 0 Å². The average Bonchev–Trinajstić information content (AvgIpc) is 2.34. The van der Waals surface area contributed by atoms with E-state index < -0.39 is 0 Å². The molecule has 0 radical (unpaired) electrons. The van der Waals surface area contributed by atoms with Crippen LogP contribution >= 0.6 is 0 Å². The van der Waals surface area contributed by atoms with E-state index >= 15 is 0 Å². The van der Waals surface area contributed by atoms with Gasteiger partial charge in [-0.1, -0.05) is 25.5 Å². The number of ether oxygens (including phenoxy) is 1. The number of carbonyl (C=O) groups is 1. The maximum absolute atomic E-state index is 11.5. The second kappa shape index (κ2) is 7.04. The summed E-state index contributed by atoms with van der Waals surface area (Å²) in [6, 6.07) is 7.91. The molecule has 0 amide bonds. The van der Waals surface area contributed by atoms with Crippen molar-refractivity contribution in [3.8, 4) is 5.75 Å². The van der Waals surface area contributed by atoms with Crippen LogP contribution in [0.2, 0.25) is 0 Å². The van der Waals surface area contributed by atoms with Crippen LogP contribution in [0.4, 0.5) is 0 Å². The van der Waals surface area contributed by atoms with E-state index in [-0.39, 0.29) is 0 Å². The van der Waals surface area contributed by atoms with Gasteiger partial charge in [-0.25, -0.2) is 0 Å². The van der Waals surface area contributed by atoms with Crippen LogP contribution in [-0.2, 0) is 11.2 Å². The first kappa shape index (κ1) is 12.8. The summed E-state index contributed by atoms with van der Waals surface area (Å²) < 4.78 is 5.08. The van der Waals surface area contributed by atoms with Crippen LogP contribution in [0.15, 0.2) is 24.3 Å². The molecule has 0 saturated heterocycles. The third-order valence-electron chi connectivity index (χ3n) is 2.66. The van der Waals surface area contributed by atoms with Gasteiger partial charge in [-0.05, 0) is 30.5 Å². The number of benzene rings is 1. The Kier molecular flexibility index (Phi) is 5.62. The molecule has 16 heavy (non-hydrogen) atoms. The molecular weight excluding hydrogens is 200 g/mol. The predicted octanol–water partition coefficient (Wildman–Crippen LogP) is 3.39. The zero-order chi connectivity index (χ0) is 11.8. The fourth-order valence-electron chi connectivity index (χ4n) is 1.57. The van der Waals surface area contributed by atoms with Crippen molar-refractivity contribution in [3.63, 3.8) is 0 Å². The second-order valence-electron chi connectivity index (χ2n) is 3.99. The monoisotopic (exact) mass is 220 g/mol. The van der Waals surface area contributed by atoms with E-state index in [1.807, 2.05) is 24.3 Å². The number of rotatable bonds is 7. The minimum atomic E-state index is 0.373. The maximum Gasteiger partial charge on any atom is 0.133 e. The highest BCUT2D eigenvalue weighted by molar-refractivity contribution is 5.78. The number of carbonyl (C=O) groups excluding carboxylic acids is 1. The molecule has 0 aliphatic carbocycles. The Labute approximate surface area is 97.6 Å². The van der Waals surface area contributed by atoms with Gasteiger partial charge >= 0.3 is 0 Å². The summed E-state index contributed by atoms with van der Waals surface area (Å²) in [6.45, 7) is 2.11. The average molecular weight is 220 g/mol. The summed E-state index contributed by atoms with van der Waals surface area (Å²) in [6.07, 6.45) is 4.33. The highest BCUT2D eigenvalue weighted by Crippen LogP contribution is 2.13. The van der Waals surface area contributed by atoms with Crippen LogP contribution < -0.4 is 4.74 Å². The molecular formula is C14H20O2. The first-order valence-electron chi connectivity index (χ1n) is 5.91. The van der Waals surface area contributed by atoms with Gasteiger partial charge in [0, 0.05) is 12.8 Å². The van der Waals surface area contributed by atoms with Crippen LogP contribution in [0.5, 0.6) is 5.75 Å². The van der Waals surface area contributed by atoms with E-state index in [1.165, 1.54) is 5.56 Å². The van der Waals surface area contributed by atoms with Crippen molar-refractivity contribution in [1.82, 2.24) is 0 Å². The quantitative estimate of drug-likeness (QED) is 0.704. The Hall–Kier alpha value is -1.31. The van der Waals surface area contributed by atoms with E-state index in [9.17, 15) is 4.79 Å². The number of hydrogen-bond donors (Lipinski definition) is 0. The minimum absolute atomic E-state index is 0.373. The van der Waals surface area contributed by atoms with Crippen LogP contribution in [-0.4, -0.2) is 12.9 Å². The molecule has 0 atom stereocenters. The van der Waals surface area contributed by atoms with Gasteiger partial charge in [0.2, 0.25) is 0 Å². The van der Waals surface area contributed by atoms with Crippen molar-refractivity contribution in [2.24, 2.45) is 0 Å². The van der Waals surface area contributed by atoms with Crippen LogP contribution in [0.3, 0.4) is 0 Å². The van der Waals surface area contributed by atoms with Crippen molar-refractivity contribution in [2.75, 3.05) is 7.11 Å². The third-order valence-corrected chi connectivity index (χ3v) is 2.66. The van der Waals surface area contributed by atoms with E-state index in [4.69, 9.17) is 4.74 Å². The van der Waals surface area contributed by atoms with Crippen LogP contribution in [0.1, 0.15) is 38.2 Å². The molecule has 0 fully saturated rings. The van der Waals surface area contributed by atoms with Gasteiger partial charge < -0.3 is 4.74 Å². The van der Waals surface area contributed by atoms with Gasteiger partial charge in [-0.3, -0.25) is 4.79 Å². The van der Waals surface area contributed by atoms with E-state index in [2.05, 4.69) is 6.92 Å². The molecule has 1 aromatic carbocycles. The van der Waals surface area contributed by atoms with E-state index in [1.54, 1.807) is 7.11 Å². The van der Waals surface area contributed by atoms with Gasteiger partial charge in [0.05, 0.1) is 7.11 Å². The normalized spacial score (nSPS) is 10.1. The number of hydrogen-bond acceptors (Lipinski definition) is 2. The molecule has 2 heteroatoms. The summed E-state index contributed by atoms with van der Waals surface area (Å²) in [5, 5.41) is 0. The lowest BCUT2D eigenvalue weighted by Crippen LogP contribution is -1.99. The Balaban J connectivity index is 2.33. The second-order valence-corrected chi connectivity index (χ2v) is 3.99. The molecule has 1 aromatic rings. The number of methoxy groups -OCH3 is 1. The summed E-state index contributed by atoms with van der Waals surface area (Å²) >= 11 is 0. The predicted molar refractivity (Wildman–Crippen MR) is 65.8 cm³/mol. The molecule has 1 rings (SSSR count). The lowest BCUT2D eigenvalue weighted by molar-refractivity contribution is -0.119. The number of Topliss-reactive ketones (excluding diaryl/α,β-unsaturated/α-hetero) is 1. The zero-order valence-electron chi connectivity index (χ0n) is 10.2. The molecule has 0 N–H and O–H groups in total. The van der Waals surface area contributed by atoms with Gasteiger partial charge in [0.25, 0.3) is 0 Å². The standard InChI is InChI=1S/C14H20O2/c1-3-4-5-13(15)9-6-12-7-10-14(16-2)11-8-12/h7-8,10-11H,3-6,9H2,1-2H3. The first-order chi connectivity index (χ1) is 7.76.